The van der Waals surface area contributed by atoms with Gasteiger partial charge in [0.25, 0.3) is 0 Å². The molecular weight excluding hydrogens is 380 g/mol. The molecule has 0 N–H and O–H groups in total. The molecule has 0 atom stereocenters. The molecule has 2 aromatic rings. The molecule has 9 heteroatoms. The van der Waals surface area contributed by atoms with Gasteiger partial charge in [0.05, 0.1) is 39.8 Å². The number of nitrogens with zero attached hydrogens (tertiary/aromatic N) is 4. The van der Waals surface area contributed by atoms with E-state index in [4.69, 9.17) is 14.2 Å². The number of carbonyl (C=O) groups is 1. The Morgan fingerprint density at radius 2 is 1.86 bits per heavy atom. The number of amidine groups is 2. The highest BCUT2D eigenvalue weighted by Crippen LogP contribution is 2.41. The van der Waals surface area contributed by atoms with Gasteiger partial charge in [0, 0.05) is 10.4 Å². The number of amides is 2. The SMILES string of the molecule is COc1cc(C2=CN=C3[N]C(=O)N=C3N2Cc2cccs2)cc(OC)c1OC. The van der Waals surface area contributed by atoms with E-state index in [1.54, 1.807) is 38.9 Å². The minimum absolute atomic E-state index is 0.317. The van der Waals surface area contributed by atoms with E-state index in [0.717, 1.165) is 16.1 Å². The maximum atomic E-state index is 11.7. The summed E-state index contributed by atoms with van der Waals surface area (Å²) < 4.78 is 16.3. The van der Waals surface area contributed by atoms with E-state index in [2.05, 4.69) is 15.3 Å². The van der Waals surface area contributed by atoms with Crippen molar-refractivity contribution in [3.05, 3.63) is 46.3 Å². The lowest BCUT2D eigenvalue weighted by molar-refractivity contribution is 0.253. The van der Waals surface area contributed by atoms with Gasteiger partial charge in [-0.2, -0.15) is 10.3 Å². The summed E-state index contributed by atoms with van der Waals surface area (Å²) in [5, 5.41) is 5.87. The zero-order valence-corrected chi connectivity index (χ0v) is 16.3. The van der Waals surface area contributed by atoms with E-state index in [1.165, 1.54) is 0 Å². The van der Waals surface area contributed by atoms with E-state index in [-0.39, 0.29) is 0 Å². The number of aliphatic imine (C=N–C) groups is 2. The summed E-state index contributed by atoms with van der Waals surface area (Å²) in [4.78, 5) is 23.1. The fraction of sp³-hybridized carbons (Fsp3) is 0.211. The second-order valence-electron chi connectivity index (χ2n) is 5.88. The lowest BCUT2D eigenvalue weighted by Crippen LogP contribution is -2.37. The number of benzene rings is 1. The Bertz CT molecular complexity index is 986. The van der Waals surface area contributed by atoms with Gasteiger partial charge in [0.15, 0.2) is 17.3 Å². The molecule has 2 amide bonds. The van der Waals surface area contributed by atoms with Crippen LogP contribution < -0.4 is 19.5 Å². The van der Waals surface area contributed by atoms with Crippen molar-refractivity contribution >= 4 is 34.7 Å². The first kappa shape index (κ1) is 18.1. The molecular formula is C19H17N4O4S. The molecule has 0 spiro atoms. The molecule has 4 rings (SSSR count). The lowest BCUT2D eigenvalue weighted by atomic mass is 10.1. The van der Waals surface area contributed by atoms with Crippen LogP contribution in [0.2, 0.25) is 0 Å². The van der Waals surface area contributed by atoms with Gasteiger partial charge in [-0.1, -0.05) is 6.07 Å². The zero-order chi connectivity index (χ0) is 19.7. The van der Waals surface area contributed by atoms with Gasteiger partial charge >= 0.3 is 6.03 Å². The Morgan fingerprint density at radius 1 is 1.11 bits per heavy atom. The van der Waals surface area contributed by atoms with Crippen LogP contribution in [0.3, 0.4) is 0 Å². The number of rotatable bonds is 6. The molecule has 0 bridgehead atoms. The predicted molar refractivity (Wildman–Crippen MR) is 106 cm³/mol. The van der Waals surface area contributed by atoms with Crippen LogP contribution in [-0.4, -0.2) is 43.9 Å². The summed E-state index contributed by atoms with van der Waals surface area (Å²) in [6, 6.07) is 7.13. The quantitative estimate of drug-likeness (QED) is 0.747. The lowest BCUT2D eigenvalue weighted by Gasteiger charge is -2.29. The average molecular weight is 397 g/mol. The molecule has 2 aliphatic heterocycles. The van der Waals surface area contributed by atoms with Crippen LogP contribution in [0.15, 0.2) is 45.8 Å². The molecule has 0 saturated carbocycles. The fourth-order valence-corrected chi connectivity index (χ4v) is 3.75. The van der Waals surface area contributed by atoms with Crippen molar-refractivity contribution in [3.63, 3.8) is 0 Å². The minimum Gasteiger partial charge on any atom is -0.493 e. The van der Waals surface area contributed by atoms with Gasteiger partial charge in [0.1, 0.15) is 0 Å². The fourth-order valence-electron chi connectivity index (χ4n) is 3.06. The molecule has 1 aromatic carbocycles. The number of carbonyl (C=O) groups excluding carboxylic acids is 1. The summed E-state index contributed by atoms with van der Waals surface area (Å²) >= 11 is 1.62. The first-order valence-electron chi connectivity index (χ1n) is 8.37. The largest absolute Gasteiger partial charge is 0.493 e. The van der Waals surface area contributed by atoms with E-state index in [1.807, 2.05) is 34.5 Å². The topological polar surface area (TPSA) is 86.8 Å². The number of thiophene rings is 1. The number of hydrogen-bond donors (Lipinski definition) is 0. The van der Waals surface area contributed by atoms with Crippen molar-refractivity contribution in [3.8, 4) is 17.2 Å². The van der Waals surface area contributed by atoms with Gasteiger partial charge in [-0.05, 0) is 23.6 Å². The van der Waals surface area contributed by atoms with Crippen molar-refractivity contribution in [1.29, 1.82) is 0 Å². The van der Waals surface area contributed by atoms with Crippen LogP contribution in [0.25, 0.3) is 5.70 Å². The van der Waals surface area contributed by atoms with Crippen LogP contribution >= 0.6 is 11.3 Å². The van der Waals surface area contributed by atoms with E-state index in [0.29, 0.717) is 35.5 Å². The number of fused-ring (bicyclic) bond motifs is 1. The normalized spacial score (nSPS) is 15.3. The first-order chi connectivity index (χ1) is 13.6. The second-order valence-corrected chi connectivity index (χ2v) is 6.91. The molecule has 3 heterocycles. The highest BCUT2D eigenvalue weighted by Gasteiger charge is 2.34. The van der Waals surface area contributed by atoms with E-state index in [9.17, 15) is 4.79 Å². The molecule has 0 fully saturated rings. The highest BCUT2D eigenvalue weighted by molar-refractivity contribution is 7.09. The van der Waals surface area contributed by atoms with Crippen LogP contribution in [0.1, 0.15) is 10.4 Å². The summed E-state index contributed by atoms with van der Waals surface area (Å²) in [6.07, 6.45) is 1.67. The number of methoxy groups -OCH3 is 3. The molecule has 8 nitrogen and oxygen atoms in total. The number of ether oxygens (including phenoxy) is 3. The maximum absolute atomic E-state index is 11.7. The summed E-state index contributed by atoms with van der Waals surface area (Å²) in [6.45, 7) is 0.529. The Labute approximate surface area is 165 Å². The van der Waals surface area contributed by atoms with Crippen molar-refractivity contribution in [2.45, 2.75) is 6.54 Å². The Balaban J connectivity index is 1.82. The highest BCUT2D eigenvalue weighted by atomic mass is 32.1. The van der Waals surface area contributed by atoms with Crippen molar-refractivity contribution in [1.82, 2.24) is 10.2 Å². The number of urea groups is 1. The Hall–Kier alpha value is -3.33. The molecule has 1 radical (unpaired) electrons. The van der Waals surface area contributed by atoms with Crippen molar-refractivity contribution in [2.75, 3.05) is 21.3 Å². The third-order valence-electron chi connectivity index (χ3n) is 4.31. The summed E-state index contributed by atoms with van der Waals surface area (Å²) in [7, 11) is 4.68. The number of hydrogen-bond acceptors (Lipinski definition) is 7. The minimum atomic E-state index is -0.551. The van der Waals surface area contributed by atoms with Crippen LogP contribution in [0, 0.1) is 0 Å². The summed E-state index contributed by atoms with van der Waals surface area (Å²) in [5.41, 5.74) is 1.54. The van der Waals surface area contributed by atoms with Gasteiger partial charge in [-0.25, -0.2) is 9.79 Å². The van der Waals surface area contributed by atoms with Crippen LogP contribution in [0.4, 0.5) is 4.79 Å². The van der Waals surface area contributed by atoms with E-state index < -0.39 is 6.03 Å². The molecule has 28 heavy (non-hydrogen) atoms. The van der Waals surface area contributed by atoms with Gasteiger partial charge < -0.3 is 19.1 Å². The predicted octanol–water partition coefficient (Wildman–Crippen LogP) is 3.12. The van der Waals surface area contributed by atoms with Crippen molar-refractivity contribution in [2.24, 2.45) is 9.98 Å². The molecule has 143 valence electrons. The third-order valence-corrected chi connectivity index (χ3v) is 5.17. The second kappa shape index (κ2) is 7.35. The van der Waals surface area contributed by atoms with Crippen molar-refractivity contribution < 1.29 is 19.0 Å². The molecule has 0 unspecified atom stereocenters. The smallest absolute Gasteiger partial charge is 0.371 e. The molecule has 1 aromatic heterocycles. The molecule has 2 aliphatic rings. The standard InChI is InChI=1S/C19H17N4O4S/c1-25-14-7-11(8-15(26-2)16(14)27-3)13-9-20-17-18(22-19(24)21-17)23(13)10-12-5-4-6-28-12/h4-9H,10H2,1-3H3. The monoisotopic (exact) mass is 397 g/mol. The third kappa shape index (κ3) is 3.09. The van der Waals surface area contributed by atoms with Gasteiger partial charge in [-0.3, -0.25) is 0 Å². The maximum Gasteiger partial charge on any atom is 0.371 e. The van der Waals surface area contributed by atoms with Gasteiger partial charge in [0.2, 0.25) is 11.6 Å². The van der Waals surface area contributed by atoms with Crippen LogP contribution in [0.5, 0.6) is 17.2 Å². The van der Waals surface area contributed by atoms with Gasteiger partial charge in [-0.15, -0.1) is 11.3 Å². The molecule has 0 saturated heterocycles. The zero-order valence-electron chi connectivity index (χ0n) is 15.5. The average Bonchev–Trinajstić information content (AvgIpc) is 3.35. The molecule has 0 aliphatic carbocycles. The Kier molecular flexibility index (Phi) is 4.74. The van der Waals surface area contributed by atoms with Crippen LogP contribution in [-0.2, 0) is 6.54 Å². The van der Waals surface area contributed by atoms with E-state index >= 15 is 0 Å². The Morgan fingerprint density at radius 3 is 2.46 bits per heavy atom. The summed E-state index contributed by atoms with van der Waals surface area (Å²) in [5.74, 6) is 2.31. The first-order valence-corrected chi connectivity index (χ1v) is 9.25.